The molecule has 1 heterocycles. The molecular formula is C12H11ClN2O. The number of nitrogens with two attached hydrogens (primary N) is 1. The molecule has 0 amide bonds. The molecule has 2 rings (SSSR count). The van der Waals surface area contributed by atoms with Crippen LogP contribution in [0.4, 0.5) is 0 Å². The van der Waals surface area contributed by atoms with Gasteiger partial charge in [-0.05, 0) is 17.7 Å². The maximum absolute atomic E-state index is 11.4. The van der Waals surface area contributed by atoms with Crippen LogP contribution in [0.3, 0.4) is 0 Å². The smallest absolute Gasteiger partial charge is 0.252 e. The van der Waals surface area contributed by atoms with Gasteiger partial charge in [0.15, 0.2) is 0 Å². The highest BCUT2D eigenvalue weighted by Crippen LogP contribution is 2.26. The molecule has 0 bridgehead atoms. The van der Waals surface area contributed by atoms with E-state index in [1.54, 1.807) is 12.3 Å². The Morgan fingerprint density at radius 2 is 2.06 bits per heavy atom. The highest BCUT2D eigenvalue weighted by molar-refractivity contribution is 6.33. The van der Waals surface area contributed by atoms with Crippen molar-refractivity contribution in [1.29, 1.82) is 0 Å². The second-order valence-electron chi connectivity index (χ2n) is 3.43. The quantitative estimate of drug-likeness (QED) is 0.837. The van der Waals surface area contributed by atoms with E-state index in [0.29, 0.717) is 10.6 Å². The topological polar surface area (TPSA) is 58.9 Å². The molecule has 0 atom stereocenters. The van der Waals surface area contributed by atoms with E-state index >= 15 is 0 Å². The van der Waals surface area contributed by atoms with Crippen LogP contribution in [0.5, 0.6) is 0 Å². The normalized spacial score (nSPS) is 10.4. The second kappa shape index (κ2) is 4.51. The SMILES string of the molecule is NCc1cc(-c2ccccc2Cl)c[nH]c1=O. The number of nitrogens with one attached hydrogen (secondary N) is 1. The van der Waals surface area contributed by atoms with Crippen LogP contribution in [0.2, 0.25) is 5.02 Å². The number of halogens is 1. The monoisotopic (exact) mass is 234 g/mol. The minimum Gasteiger partial charge on any atom is -0.328 e. The largest absolute Gasteiger partial charge is 0.328 e. The number of aromatic nitrogens is 1. The van der Waals surface area contributed by atoms with Gasteiger partial charge in [-0.2, -0.15) is 0 Å². The first-order valence-electron chi connectivity index (χ1n) is 4.89. The Kier molecular flexibility index (Phi) is 3.08. The molecule has 0 fully saturated rings. The van der Waals surface area contributed by atoms with Gasteiger partial charge in [-0.3, -0.25) is 4.79 Å². The molecule has 3 N–H and O–H groups in total. The van der Waals surface area contributed by atoms with E-state index in [9.17, 15) is 4.79 Å². The summed E-state index contributed by atoms with van der Waals surface area (Å²) < 4.78 is 0. The van der Waals surface area contributed by atoms with Gasteiger partial charge in [-0.25, -0.2) is 0 Å². The van der Waals surface area contributed by atoms with Crippen molar-refractivity contribution in [3.8, 4) is 11.1 Å². The average molecular weight is 235 g/mol. The Balaban J connectivity index is 2.57. The summed E-state index contributed by atoms with van der Waals surface area (Å²) in [7, 11) is 0. The number of H-pyrrole nitrogens is 1. The number of aromatic amines is 1. The van der Waals surface area contributed by atoms with E-state index in [1.165, 1.54) is 0 Å². The van der Waals surface area contributed by atoms with Crippen molar-refractivity contribution in [1.82, 2.24) is 4.98 Å². The van der Waals surface area contributed by atoms with Crippen molar-refractivity contribution >= 4 is 11.6 Å². The van der Waals surface area contributed by atoms with Gasteiger partial charge >= 0.3 is 0 Å². The van der Waals surface area contributed by atoms with Crippen molar-refractivity contribution in [2.45, 2.75) is 6.54 Å². The summed E-state index contributed by atoms with van der Waals surface area (Å²) in [6.45, 7) is 0.216. The van der Waals surface area contributed by atoms with E-state index in [1.807, 2.05) is 24.3 Å². The van der Waals surface area contributed by atoms with Crippen LogP contribution >= 0.6 is 11.6 Å². The van der Waals surface area contributed by atoms with Crippen LogP contribution in [0.15, 0.2) is 41.3 Å². The first kappa shape index (κ1) is 10.9. The second-order valence-corrected chi connectivity index (χ2v) is 3.83. The van der Waals surface area contributed by atoms with Gasteiger partial charge in [0.1, 0.15) is 0 Å². The maximum Gasteiger partial charge on any atom is 0.252 e. The average Bonchev–Trinajstić information content (AvgIpc) is 2.31. The van der Waals surface area contributed by atoms with E-state index in [4.69, 9.17) is 17.3 Å². The van der Waals surface area contributed by atoms with Crippen LogP contribution in [0, 0.1) is 0 Å². The Hall–Kier alpha value is -1.58. The third-order valence-electron chi connectivity index (χ3n) is 2.38. The Bertz CT molecular complexity index is 563. The van der Waals surface area contributed by atoms with Gasteiger partial charge in [0.2, 0.25) is 0 Å². The summed E-state index contributed by atoms with van der Waals surface area (Å²) in [5, 5.41) is 0.650. The number of benzene rings is 1. The zero-order valence-corrected chi connectivity index (χ0v) is 9.29. The van der Waals surface area contributed by atoms with Crippen molar-refractivity contribution in [2.75, 3.05) is 0 Å². The summed E-state index contributed by atoms with van der Waals surface area (Å²) in [4.78, 5) is 14.0. The molecule has 0 aliphatic heterocycles. The molecule has 16 heavy (non-hydrogen) atoms. The lowest BCUT2D eigenvalue weighted by atomic mass is 10.1. The maximum atomic E-state index is 11.4. The molecule has 0 saturated heterocycles. The van der Waals surface area contributed by atoms with E-state index in [-0.39, 0.29) is 12.1 Å². The lowest BCUT2D eigenvalue weighted by Gasteiger charge is -2.05. The Morgan fingerprint density at radius 3 is 2.75 bits per heavy atom. The first-order chi connectivity index (χ1) is 7.72. The third-order valence-corrected chi connectivity index (χ3v) is 2.71. The zero-order valence-electron chi connectivity index (χ0n) is 8.53. The Morgan fingerprint density at radius 1 is 1.31 bits per heavy atom. The fourth-order valence-corrected chi connectivity index (χ4v) is 1.78. The van der Waals surface area contributed by atoms with Crippen LogP contribution in [0.1, 0.15) is 5.56 Å². The summed E-state index contributed by atoms with van der Waals surface area (Å²) >= 11 is 6.07. The molecule has 1 aromatic heterocycles. The van der Waals surface area contributed by atoms with E-state index in [2.05, 4.69) is 4.98 Å². The lowest BCUT2D eigenvalue weighted by Crippen LogP contribution is -2.15. The van der Waals surface area contributed by atoms with Gasteiger partial charge in [-0.1, -0.05) is 29.8 Å². The van der Waals surface area contributed by atoms with Crippen LogP contribution in [0.25, 0.3) is 11.1 Å². The van der Waals surface area contributed by atoms with Crippen molar-refractivity contribution in [3.05, 3.63) is 57.5 Å². The molecule has 0 spiro atoms. The van der Waals surface area contributed by atoms with E-state index in [0.717, 1.165) is 11.1 Å². The fraction of sp³-hybridized carbons (Fsp3) is 0.0833. The minimum absolute atomic E-state index is 0.154. The number of hydrogen-bond donors (Lipinski definition) is 2. The lowest BCUT2D eigenvalue weighted by molar-refractivity contribution is 1.02. The molecule has 0 aliphatic carbocycles. The molecule has 3 nitrogen and oxygen atoms in total. The molecule has 0 aliphatic rings. The third kappa shape index (κ3) is 2.01. The predicted octanol–water partition coefficient (Wildman–Crippen LogP) is 2.15. The van der Waals surface area contributed by atoms with Gasteiger partial charge in [-0.15, -0.1) is 0 Å². The highest BCUT2D eigenvalue weighted by atomic mass is 35.5. The minimum atomic E-state index is -0.154. The van der Waals surface area contributed by atoms with Gasteiger partial charge in [0.05, 0.1) is 0 Å². The first-order valence-corrected chi connectivity index (χ1v) is 5.26. The fourth-order valence-electron chi connectivity index (χ4n) is 1.53. The standard InChI is InChI=1S/C12H11ClN2O/c13-11-4-2-1-3-10(11)9-5-8(6-14)12(16)15-7-9/h1-5,7H,6,14H2,(H,15,16). The van der Waals surface area contributed by atoms with E-state index < -0.39 is 0 Å². The summed E-state index contributed by atoms with van der Waals surface area (Å²) in [6, 6.07) is 9.23. The van der Waals surface area contributed by atoms with Crippen LogP contribution in [-0.4, -0.2) is 4.98 Å². The summed E-state index contributed by atoms with van der Waals surface area (Å²) in [5.74, 6) is 0. The molecule has 0 radical (unpaired) electrons. The van der Waals surface area contributed by atoms with Crippen molar-refractivity contribution in [2.24, 2.45) is 5.73 Å². The molecule has 82 valence electrons. The molecule has 1 aromatic carbocycles. The summed E-state index contributed by atoms with van der Waals surface area (Å²) in [6.07, 6.45) is 1.64. The van der Waals surface area contributed by atoms with Crippen LogP contribution in [-0.2, 0) is 6.54 Å². The summed E-state index contributed by atoms with van der Waals surface area (Å²) in [5.41, 5.74) is 7.63. The highest BCUT2D eigenvalue weighted by Gasteiger charge is 2.05. The molecule has 0 saturated carbocycles. The molecule has 0 unspecified atom stereocenters. The number of pyridine rings is 1. The Labute approximate surface area is 97.9 Å². The number of hydrogen-bond acceptors (Lipinski definition) is 2. The van der Waals surface area contributed by atoms with Gasteiger partial charge in [0, 0.05) is 28.9 Å². The molecule has 4 heteroatoms. The van der Waals surface area contributed by atoms with Gasteiger partial charge < -0.3 is 10.7 Å². The number of rotatable bonds is 2. The zero-order chi connectivity index (χ0) is 11.5. The molecular weight excluding hydrogens is 224 g/mol. The van der Waals surface area contributed by atoms with Crippen molar-refractivity contribution < 1.29 is 0 Å². The predicted molar refractivity (Wildman–Crippen MR) is 65.4 cm³/mol. The van der Waals surface area contributed by atoms with Crippen molar-refractivity contribution in [3.63, 3.8) is 0 Å². The molecule has 2 aromatic rings. The van der Waals surface area contributed by atoms with Gasteiger partial charge in [0.25, 0.3) is 5.56 Å². The van der Waals surface area contributed by atoms with Crippen LogP contribution < -0.4 is 11.3 Å².